The molecule has 4 rings (SSSR count). The monoisotopic (exact) mass is 460 g/mol. The summed E-state index contributed by atoms with van der Waals surface area (Å²) in [6.07, 6.45) is 0.920. The van der Waals surface area contributed by atoms with Gasteiger partial charge in [0.1, 0.15) is 23.9 Å². The van der Waals surface area contributed by atoms with Gasteiger partial charge < -0.3 is 24.4 Å². The fourth-order valence-corrected chi connectivity index (χ4v) is 3.58. The van der Waals surface area contributed by atoms with Gasteiger partial charge in [-0.25, -0.2) is 0 Å². The largest absolute Gasteiger partial charge is 0.494 e. The third kappa shape index (κ3) is 6.28. The van der Waals surface area contributed by atoms with Crippen LogP contribution in [-0.4, -0.2) is 38.2 Å². The van der Waals surface area contributed by atoms with Crippen molar-refractivity contribution in [2.24, 2.45) is 0 Å². The second kappa shape index (κ2) is 11.2. The number of carbonyl (C=O) groups excluding carboxylic acids is 2. The Hall–Kier alpha value is -4.00. The van der Waals surface area contributed by atoms with Gasteiger partial charge in [-0.3, -0.25) is 9.59 Å². The van der Waals surface area contributed by atoms with Crippen LogP contribution in [0.25, 0.3) is 0 Å². The number of benzene rings is 3. The lowest BCUT2D eigenvalue weighted by Crippen LogP contribution is -2.41. The molecule has 176 valence electrons. The zero-order valence-electron chi connectivity index (χ0n) is 19.2. The molecule has 0 bridgehead atoms. The van der Waals surface area contributed by atoms with E-state index >= 15 is 0 Å². The fourth-order valence-electron chi connectivity index (χ4n) is 3.58. The Balaban J connectivity index is 1.30. The first-order chi connectivity index (χ1) is 16.6. The lowest BCUT2D eigenvalue weighted by molar-refractivity contribution is -0.121. The molecule has 1 heterocycles. The molecule has 0 saturated carbocycles. The topological polar surface area (TPSA) is 77.1 Å². The predicted molar refractivity (Wildman–Crippen MR) is 131 cm³/mol. The first-order valence-electron chi connectivity index (χ1n) is 11.3. The van der Waals surface area contributed by atoms with Crippen molar-refractivity contribution in [1.29, 1.82) is 0 Å². The van der Waals surface area contributed by atoms with Crippen LogP contribution in [0.5, 0.6) is 17.2 Å². The number of nitrogens with zero attached hydrogens (tertiary/aromatic N) is 1. The molecule has 7 heteroatoms. The number of aryl methyl sites for hydroxylation is 1. The number of anilines is 2. The smallest absolute Gasteiger partial charge is 0.265 e. The summed E-state index contributed by atoms with van der Waals surface area (Å²) in [5.41, 5.74) is 2.38. The number of hydrogen-bond acceptors (Lipinski definition) is 5. The Morgan fingerprint density at radius 3 is 2.50 bits per heavy atom. The Bertz CT molecular complexity index is 1120. The number of carbonyl (C=O) groups is 2. The Labute approximate surface area is 199 Å². The molecule has 1 aliphatic rings. The van der Waals surface area contributed by atoms with Gasteiger partial charge in [0.25, 0.3) is 5.91 Å². The highest BCUT2D eigenvalue weighted by Crippen LogP contribution is 2.34. The van der Waals surface area contributed by atoms with Crippen LogP contribution in [0.4, 0.5) is 11.4 Å². The molecule has 7 nitrogen and oxygen atoms in total. The van der Waals surface area contributed by atoms with Gasteiger partial charge in [-0.15, -0.1) is 0 Å². The number of rotatable bonds is 10. The maximum atomic E-state index is 12.5. The molecule has 0 atom stereocenters. The normalized spacial score (nSPS) is 12.5. The van der Waals surface area contributed by atoms with E-state index < -0.39 is 0 Å². The van der Waals surface area contributed by atoms with Crippen LogP contribution < -0.4 is 24.4 Å². The van der Waals surface area contributed by atoms with Gasteiger partial charge in [0, 0.05) is 12.1 Å². The summed E-state index contributed by atoms with van der Waals surface area (Å²) in [6.45, 7) is 3.16. The number of fused-ring (bicyclic) bond motifs is 1. The van der Waals surface area contributed by atoms with Crippen molar-refractivity contribution in [2.45, 2.75) is 19.8 Å². The maximum absolute atomic E-state index is 12.5. The summed E-state index contributed by atoms with van der Waals surface area (Å²) in [7, 11) is 0. The SMILES string of the molecule is Cc1ccc(OCCN2C(=O)COc3ccc(NC(=O)CCCOc4ccccc4)cc32)cc1. The highest BCUT2D eigenvalue weighted by atomic mass is 16.5. The van der Waals surface area contributed by atoms with Crippen LogP contribution in [0.15, 0.2) is 72.8 Å². The van der Waals surface area contributed by atoms with E-state index in [1.807, 2.05) is 61.5 Å². The summed E-state index contributed by atoms with van der Waals surface area (Å²) in [5, 5.41) is 2.89. The van der Waals surface area contributed by atoms with Crippen LogP contribution in [0.1, 0.15) is 18.4 Å². The van der Waals surface area contributed by atoms with Crippen molar-refractivity contribution in [2.75, 3.05) is 36.6 Å². The molecule has 3 aromatic carbocycles. The van der Waals surface area contributed by atoms with Gasteiger partial charge >= 0.3 is 0 Å². The van der Waals surface area contributed by atoms with E-state index in [1.54, 1.807) is 23.1 Å². The molecule has 0 unspecified atom stereocenters. The molecule has 1 aliphatic heterocycles. The summed E-state index contributed by atoms with van der Waals surface area (Å²) in [6, 6.07) is 22.6. The molecule has 0 aliphatic carbocycles. The minimum atomic E-state index is -0.151. The lowest BCUT2D eigenvalue weighted by atomic mass is 10.2. The average molecular weight is 461 g/mol. The van der Waals surface area contributed by atoms with Gasteiger partial charge in [-0.1, -0.05) is 35.9 Å². The first kappa shape index (κ1) is 23.2. The molecule has 0 aromatic heterocycles. The van der Waals surface area contributed by atoms with Gasteiger partial charge in [0.15, 0.2) is 6.61 Å². The molecule has 0 fully saturated rings. The number of amides is 2. The second-order valence-electron chi connectivity index (χ2n) is 7.99. The van der Waals surface area contributed by atoms with E-state index in [4.69, 9.17) is 14.2 Å². The molecule has 0 saturated heterocycles. The van der Waals surface area contributed by atoms with Crippen molar-refractivity contribution in [3.05, 3.63) is 78.4 Å². The summed E-state index contributed by atoms with van der Waals surface area (Å²) < 4.78 is 17.0. The number of ether oxygens (including phenoxy) is 3. The molecule has 0 spiro atoms. The summed E-state index contributed by atoms with van der Waals surface area (Å²) in [4.78, 5) is 26.5. The molecule has 0 radical (unpaired) electrons. The molecule has 34 heavy (non-hydrogen) atoms. The Kier molecular flexibility index (Phi) is 7.65. The zero-order valence-corrected chi connectivity index (χ0v) is 19.2. The van der Waals surface area contributed by atoms with Crippen LogP contribution in [-0.2, 0) is 9.59 Å². The average Bonchev–Trinajstić information content (AvgIpc) is 2.85. The van der Waals surface area contributed by atoms with E-state index in [0.717, 1.165) is 17.1 Å². The van der Waals surface area contributed by atoms with E-state index in [-0.39, 0.29) is 18.4 Å². The van der Waals surface area contributed by atoms with Crippen LogP contribution in [0.3, 0.4) is 0 Å². The van der Waals surface area contributed by atoms with Crippen LogP contribution >= 0.6 is 0 Å². The van der Waals surface area contributed by atoms with E-state index in [9.17, 15) is 9.59 Å². The number of nitrogens with one attached hydrogen (secondary N) is 1. The van der Waals surface area contributed by atoms with Crippen LogP contribution in [0.2, 0.25) is 0 Å². The predicted octanol–water partition coefficient (Wildman–Crippen LogP) is 4.60. The zero-order chi connectivity index (χ0) is 23.8. The maximum Gasteiger partial charge on any atom is 0.265 e. The van der Waals surface area contributed by atoms with Crippen molar-refractivity contribution < 1.29 is 23.8 Å². The Morgan fingerprint density at radius 1 is 0.971 bits per heavy atom. The summed E-state index contributed by atoms with van der Waals surface area (Å²) >= 11 is 0. The van der Waals surface area contributed by atoms with Crippen molar-refractivity contribution in [3.63, 3.8) is 0 Å². The van der Waals surface area contributed by atoms with E-state index in [1.165, 1.54) is 0 Å². The van der Waals surface area contributed by atoms with E-state index in [2.05, 4.69) is 5.32 Å². The first-order valence-corrected chi connectivity index (χ1v) is 11.3. The molecular weight excluding hydrogens is 432 g/mol. The van der Waals surface area contributed by atoms with Gasteiger partial charge in [-0.2, -0.15) is 0 Å². The number of para-hydroxylation sites is 1. The van der Waals surface area contributed by atoms with Crippen LogP contribution in [0, 0.1) is 6.92 Å². The molecule has 1 N–H and O–H groups in total. The van der Waals surface area contributed by atoms with Gasteiger partial charge in [-0.05, 0) is 55.8 Å². The van der Waals surface area contributed by atoms with Gasteiger partial charge in [0.2, 0.25) is 5.91 Å². The fraction of sp³-hybridized carbons (Fsp3) is 0.259. The van der Waals surface area contributed by atoms with Crippen molar-refractivity contribution in [1.82, 2.24) is 0 Å². The van der Waals surface area contributed by atoms with E-state index in [0.29, 0.717) is 49.7 Å². The highest BCUT2D eigenvalue weighted by molar-refractivity contribution is 5.99. The standard InChI is InChI=1S/C27H28N2O5/c1-20-9-12-23(13-10-20)33-17-15-29-24-18-21(11-14-25(24)34-19-27(29)31)28-26(30)8-5-16-32-22-6-3-2-4-7-22/h2-4,6-7,9-14,18H,5,8,15-17,19H2,1H3,(H,28,30). The number of hydrogen-bond donors (Lipinski definition) is 1. The third-order valence-corrected chi connectivity index (χ3v) is 5.35. The third-order valence-electron chi connectivity index (χ3n) is 5.35. The Morgan fingerprint density at radius 2 is 1.71 bits per heavy atom. The minimum Gasteiger partial charge on any atom is -0.494 e. The quantitative estimate of drug-likeness (QED) is 0.448. The van der Waals surface area contributed by atoms with Gasteiger partial charge in [0.05, 0.1) is 18.8 Å². The van der Waals surface area contributed by atoms with Crippen molar-refractivity contribution in [3.8, 4) is 17.2 Å². The summed E-state index contributed by atoms with van der Waals surface area (Å²) in [5.74, 6) is 1.87. The molecule has 3 aromatic rings. The minimum absolute atomic E-state index is 0.0232. The van der Waals surface area contributed by atoms with Crippen molar-refractivity contribution >= 4 is 23.2 Å². The second-order valence-corrected chi connectivity index (χ2v) is 7.99. The lowest BCUT2D eigenvalue weighted by Gasteiger charge is -2.29. The molecule has 2 amide bonds. The molecular formula is C27H28N2O5. The highest BCUT2D eigenvalue weighted by Gasteiger charge is 2.26.